The number of phosphoric ester groups is 1. The van der Waals surface area contributed by atoms with E-state index in [-0.39, 0.29) is 29.6 Å². The Kier molecular flexibility index (Phi) is 7.27. The molecule has 1 heterocycles. The van der Waals surface area contributed by atoms with Gasteiger partial charge in [0.2, 0.25) is 0 Å². The van der Waals surface area contributed by atoms with Crippen LogP contribution in [-0.2, 0) is 13.8 Å². The van der Waals surface area contributed by atoms with Crippen molar-refractivity contribution in [2.24, 2.45) is 0 Å². The summed E-state index contributed by atoms with van der Waals surface area (Å²) in [5, 5.41) is 36.7. The van der Waals surface area contributed by atoms with E-state index >= 15 is 0 Å². The zero-order valence-corrected chi connectivity index (χ0v) is 11.8. The topological polar surface area (TPSA) is 157 Å². The van der Waals surface area contributed by atoms with Crippen LogP contribution in [0.25, 0.3) is 0 Å². The summed E-state index contributed by atoms with van der Waals surface area (Å²) < 4.78 is 19.0. The molecule has 0 saturated carbocycles. The maximum absolute atomic E-state index is 10.4. The Morgan fingerprint density at radius 2 is 1.59 bits per heavy atom. The quantitative estimate of drug-likeness (QED) is 0.219. The molecule has 1 rings (SSSR count). The van der Waals surface area contributed by atoms with Crippen molar-refractivity contribution in [1.29, 1.82) is 0 Å². The van der Waals surface area contributed by atoms with Crippen molar-refractivity contribution in [3.8, 4) is 0 Å². The third-order valence-corrected chi connectivity index (χ3v) is 2.58. The smallest absolute Gasteiger partial charge is 0.387 e. The fourth-order valence-electron chi connectivity index (χ4n) is 1.24. The standard InChI is InChI=1S/C6H13O9P.Na/c7-3-2(1-14-16(11,12)13)15-6(10)5(9)4(3)8;/h2-10H,1H2,(H2,11,12,13);/q;+1/t2-,3-,4+,5-,6-;/m1./s1. The van der Waals surface area contributed by atoms with Crippen LogP contribution in [0.4, 0.5) is 0 Å². The first-order chi connectivity index (χ1) is 7.22. The molecule has 0 aromatic heterocycles. The molecule has 17 heavy (non-hydrogen) atoms. The first kappa shape index (κ1) is 17.9. The Balaban J connectivity index is 0.00000256. The van der Waals surface area contributed by atoms with Crippen molar-refractivity contribution in [3.05, 3.63) is 0 Å². The van der Waals surface area contributed by atoms with E-state index in [4.69, 9.17) is 20.0 Å². The van der Waals surface area contributed by atoms with Gasteiger partial charge in [0, 0.05) is 0 Å². The Labute approximate surface area is 119 Å². The molecule has 1 fully saturated rings. The number of aliphatic hydroxyl groups excluding tert-OH is 4. The van der Waals surface area contributed by atoms with Crippen molar-refractivity contribution in [2.45, 2.75) is 30.7 Å². The van der Waals surface area contributed by atoms with E-state index in [0.29, 0.717) is 0 Å². The van der Waals surface area contributed by atoms with Crippen molar-refractivity contribution in [3.63, 3.8) is 0 Å². The number of phosphoric acid groups is 1. The van der Waals surface area contributed by atoms with Crippen molar-refractivity contribution in [2.75, 3.05) is 6.61 Å². The molecule has 0 radical (unpaired) electrons. The van der Waals surface area contributed by atoms with Crippen LogP contribution in [0.15, 0.2) is 0 Å². The van der Waals surface area contributed by atoms with Gasteiger partial charge in [-0.05, 0) is 0 Å². The van der Waals surface area contributed by atoms with Crippen molar-refractivity contribution >= 4 is 7.82 Å². The summed E-state index contributed by atoms with van der Waals surface area (Å²) in [6.07, 6.45) is -8.11. The van der Waals surface area contributed by atoms with Gasteiger partial charge in [0.25, 0.3) is 0 Å². The number of aliphatic hydroxyl groups is 4. The van der Waals surface area contributed by atoms with Crippen LogP contribution in [0.2, 0.25) is 0 Å². The maximum atomic E-state index is 10.4. The second-order valence-corrected chi connectivity index (χ2v) is 4.56. The molecule has 0 bridgehead atoms. The van der Waals surface area contributed by atoms with Crippen LogP contribution < -0.4 is 29.6 Å². The van der Waals surface area contributed by atoms with Crippen LogP contribution in [0.3, 0.4) is 0 Å². The average Bonchev–Trinajstić information content (AvgIpc) is 2.17. The van der Waals surface area contributed by atoms with Gasteiger partial charge in [-0.2, -0.15) is 0 Å². The van der Waals surface area contributed by atoms with E-state index in [2.05, 4.69) is 9.26 Å². The predicted octanol–water partition coefficient (Wildman–Crippen LogP) is -6.10. The van der Waals surface area contributed by atoms with Crippen LogP contribution in [0, 0.1) is 0 Å². The molecule has 0 amide bonds. The van der Waals surface area contributed by atoms with E-state index in [1.165, 1.54) is 0 Å². The first-order valence-corrected chi connectivity index (χ1v) is 5.83. The summed E-state index contributed by atoms with van der Waals surface area (Å²) in [5.74, 6) is 0. The van der Waals surface area contributed by atoms with Crippen LogP contribution >= 0.6 is 7.82 Å². The molecule has 1 aliphatic heterocycles. The van der Waals surface area contributed by atoms with Crippen LogP contribution in [-0.4, -0.2) is 67.5 Å². The van der Waals surface area contributed by atoms with Crippen LogP contribution in [0.1, 0.15) is 0 Å². The van der Waals surface area contributed by atoms with Gasteiger partial charge in [0.05, 0.1) is 6.61 Å². The summed E-state index contributed by atoms with van der Waals surface area (Å²) in [6.45, 7) is -0.730. The van der Waals surface area contributed by atoms with Gasteiger partial charge in [0.15, 0.2) is 6.29 Å². The van der Waals surface area contributed by atoms with Gasteiger partial charge in [0.1, 0.15) is 24.4 Å². The largest absolute Gasteiger partial charge is 1.00 e. The van der Waals surface area contributed by atoms with E-state index in [0.717, 1.165) is 0 Å². The summed E-state index contributed by atoms with van der Waals surface area (Å²) in [5.41, 5.74) is 0. The van der Waals surface area contributed by atoms with E-state index in [9.17, 15) is 14.8 Å². The second-order valence-electron chi connectivity index (χ2n) is 3.32. The van der Waals surface area contributed by atoms with Gasteiger partial charge in [-0.25, -0.2) is 4.57 Å². The van der Waals surface area contributed by atoms with Gasteiger partial charge in [-0.3, -0.25) is 4.52 Å². The molecule has 6 N–H and O–H groups in total. The molecule has 0 aromatic carbocycles. The molecule has 5 atom stereocenters. The normalized spacial score (nSPS) is 38.6. The first-order valence-electron chi connectivity index (χ1n) is 4.30. The fraction of sp³-hybridized carbons (Fsp3) is 1.00. The second kappa shape index (κ2) is 6.90. The molecule has 11 heteroatoms. The van der Waals surface area contributed by atoms with Crippen molar-refractivity contribution < 1.29 is 73.6 Å². The molecule has 0 aromatic rings. The Hall–Kier alpha value is 0.910. The molecule has 1 aliphatic rings. The van der Waals surface area contributed by atoms with E-state index < -0.39 is 45.1 Å². The third-order valence-electron chi connectivity index (χ3n) is 2.09. The van der Waals surface area contributed by atoms with E-state index in [1.807, 2.05) is 0 Å². The van der Waals surface area contributed by atoms with Gasteiger partial charge in [-0.1, -0.05) is 0 Å². The predicted molar refractivity (Wildman–Crippen MR) is 46.9 cm³/mol. The zero-order valence-electron chi connectivity index (χ0n) is 8.95. The SMILES string of the molecule is O=P(O)(O)OC[C@H]1O[C@@H](O)[C@H](O)[C@@H](O)[C@@H]1O.[Na+]. The minimum atomic E-state index is -4.73. The third kappa shape index (κ3) is 5.19. The summed E-state index contributed by atoms with van der Waals surface area (Å²) in [7, 11) is -4.73. The van der Waals surface area contributed by atoms with Gasteiger partial charge < -0.3 is 34.9 Å². The molecule has 0 unspecified atom stereocenters. The maximum Gasteiger partial charge on any atom is 1.00 e. The molecule has 9 nitrogen and oxygen atoms in total. The minimum Gasteiger partial charge on any atom is -0.387 e. The number of rotatable bonds is 3. The summed E-state index contributed by atoms with van der Waals surface area (Å²) in [6, 6.07) is 0. The summed E-state index contributed by atoms with van der Waals surface area (Å²) in [4.78, 5) is 16.8. The number of hydrogen-bond donors (Lipinski definition) is 6. The zero-order chi connectivity index (χ0) is 12.5. The fourth-order valence-corrected chi connectivity index (χ4v) is 1.58. The molecular formula is C6H13NaO9P+. The summed E-state index contributed by atoms with van der Waals surface area (Å²) >= 11 is 0. The van der Waals surface area contributed by atoms with E-state index in [1.54, 1.807) is 0 Å². The number of ether oxygens (including phenoxy) is 1. The van der Waals surface area contributed by atoms with Crippen LogP contribution in [0.5, 0.6) is 0 Å². The average molecular weight is 283 g/mol. The number of hydrogen-bond acceptors (Lipinski definition) is 7. The van der Waals surface area contributed by atoms with Crippen molar-refractivity contribution in [1.82, 2.24) is 0 Å². The Morgan fingerprint density at radius 3 is 2.06 bits per heavy atom. The molecule has 96 valence electrons. The molecule has 1 saturated heterocycles. The van der Waals surface area contributed by atoms with Gasteiger partial charge in [-0.15, -0.1) is 0 Å². The monoisotopic (exact) mass is 283 g/mol. The van der Waals surface area contributed by atoms with Gasteiger partial charge >= 0.3 is 37.4 Å². The Morgan fingerprint density at radius 1 is 1.06 bits per heavy atom. The molecular weight excluding hydrogens is 270 g/mol. The molecule has 0 spiro atoms. The molecule has 0 aliphatic carbocycles. The minimum absolute atomic E-state index is 0. The Bertz CT molecular complexity index is 283.